The van der Waals surface area contributed by atoms with Crippen molar-refractivity contribution in [2.24, 2.45) is 11.8 Å². The van der Waals surface area contributed by atoms with E-state index in [4.69, 9.17) is 9.26 Å². The maximum atomic E-state index is 12.8. The molecule has 7 nitrogen and oxygen atoms in total. The second kappa shape index (κ2) is 8.83. The summed E-state index contributed by atoms with van der Waals surface area (Å²) in [6.45, 7) is 4.46. The molecule has 2 amide bonds. The smallest absolute Gasteiger partial charge is 0.323 e. The molecule has 0 saturated carbocycles. The number of amides is 2. The normalized spacial score (nSPS) is 19.9. The predicted molar refractivity (Wildman–Crippen MR) is 130 cm³/mol. The highest BCUT2D eigenvalue weighted by molar-refractivity contribution is 5.98. The summed E-state index contributed by atoms with van der Waals surface area (Å²) in [6.07, 6.45) is 0. The third kappa shape index (κ3) is 4.22. The SMILES string of the molecule is O=C(Nc1noc2ccccc12)N1CC2CN(Cc3ccc(Oc4ccccc4)cc3)CC2C1. The number of carbonyl (C=O) groups excluding carboxylic acids is 1. The number of nitrogens with zero attached hydrogens (tertiary/aromatic N) is 3. The van der Waals surface area contributed by atoms with Crippen LogP contribution in [0.4, 0.5) is 10.6 Å². The van der Waals surface area contributed by atoms with Gasteiger partial charge in [0.15, 0.2) is 11.4 Å². The van der Waals surface area contributed by atoms with Crippen LogP contribution in [0.25, 0.3) is 11.0 Å². The van der Waals surface area contributed by atoms with Crippen molar-refractivity contribution in [3.63, 3.8) is 0 Å². The monoisotopic (exact) mass is 454 g/mol. The van der Waals surface area contributed by atoms with Gasteiger partial charge < -0.3 is 14.2 Å². The lowest BCUT2D eigenvalue weighted by molar-refractivity contribution is 0.211. The van der Waals surface area contributed by atoms with Crippen molar-refractivity contribution in [1.29, 1.82) is 0 Å². The van der Waals surface area contributed by atoms with E-state index in [0.29, 0.717) is 23.2 Å². The first-order valence-electron chi connectivity index (χ1n) is 11.7. The zero-order valence-electron chi connectivity index (χ0n) is 18.8. The predicted octanol–water partition coefficient (Wildman–Crippen LogP) is 5.22. The maximum Gasteiger partial charge on any atom is 0.323 e. The summed E-state index contributed by atoms with van der Waals surface area (Å²) in [5, 5.41) is 7.76. The van der Waals surface area contributed by atoms with Crippen molar-refractivity contribution in [3.8, 4) is 11.5 Å². The Morgan fingerprint density at radius 2 is 1.56 bits per heavy atom. The lowest BCUT2D eigenvalue weighted by atomic mass is 10.0. The van der Waals surface area contributed by atoms with E-state index in [1.165, 1.54) is 5.56 Å². The minimum atomic E-state index is -0.103. The summed E-state index contributed by atoms with van der Waals surface area (Å²) in [7, 11) is 0. The molecule has 6 rings (SSSR count). The molecule has 0 aliphatic carbocycles. The van der Waals surface area contributed by atoms with Gasteiger partial charge in [-0.25, -0.2) is 4.79 Å². The average Bonchev–Trinajstić information content (AvgIpc) is 3.55. The van der Waals surface area contributed by atoms with Crippen LogP contribution < -0.4 is 10.1 Å². The van der Waals surface area contributed by atoms with Crippen LogP contribution in [0, 0.1) is 11.8 Å². The Morgan fingerprint density at radius 1 is 0.882 bits per heavy atom. The van der Waals surface area contributed by atoms with Gasteiger partial charge in [0.05, 0.1) is 5.39 Å². The Kier molecular flexibility index (Phi) is 5.39. The second-order valence-corrected chi connectivity index (χ2v) is 9.14. The molecule has 172 valence electrons. The number of nitrogens with one attached hydrogen (secondary N) is 1. The first-order valence-corrected chi connectivity index (χ1v) is 11.7. The molecule has 34 heavy (non-hydrogen) atoms. The molecule has 2 unspecified atom stereocenters. The third-order valence-electron chi connectivity index (χ3n) is 6.76. The molecule has 2 atom stereocenters. The number of aromatic nitrogens is 1. The molecule has 0 bridgehead atoms. The Morgan fingerprint density at radius 3 is 2.32 bits per heavy atom. The van der Waals surface area contributed by atoms with Crippen LogP contribution >= 0.6 is 0 Å². The van der Waals surface area contributed by atoms with E-state index >= 15 is 0 Å². The molecule has 7 heteroatoms. The van der Waals surface area contributed by atoms with Gasteiger partial charge in [-0.2, -0.15) is 0 Å². The van der Waals surface area contributed by atoms with Crippen molar-refractivity contribution in [3.05, 3.63) is 84.4 Å². The Balaban J connectivity index is 1.01. The van der Waals surface area contributed by atoms with Gasteiger partial charge in [0.25, 0.3) is 0 Å². The molecular formula is C27H26N4O3. The number of urea groups is 1. The number of para-hydroxylation sites is 2. The van der Waals surface area contributed by atoms with Crippen LogP contribution in [-0.4, -0.2) is 47.2 Å². The summed E-state index contributed by atoms with van der Waals surface area (Å²) in [4.78, 5) is 17.2. The zero-order valence-corrected chi connectivity index (χ0v) is 18.8. The highest BCUT2D eigenvalue weighted by Gasteiger charge is 2.41. The summed E-state index contributed by atoms with van der Waals surface area (Å²) in [6, 6.07) is 25.6. The van der Waals surface area contributed by atoms with Gasteiger partial charge in [0.2, 0.25) is 0 Å². The lowest BCUT2D eigenvalue weighted by Crippen LogP contribution is -2.36. The van der Waals surface area contributed by atoms with Crippen molar-refractivity contribution in [1.82, 2.24) is 15.0 Å². The molecule has 3 aromatic carbocycles. The zero-order chi connectivity index (χ0) is 22.9. The van der Waals surface area contributed by atoms with Crippen LogP contribution in [0.2, 0.25) is 0 Å². The third-order valence-corrected chi connectivity index (χ3v) is 6.76. The average molecular weight is 455 g/mol. The van der Waals surface area contributed by atoms with Crippen LogP contribution in [0.3, 0.4) is 0 Å². The lowest BCUT2D eigenvalue weighted by Gasteiger charge is -2.21. The van der Waals surface area contributed by atoms with Gasteiger partial charge in [0.1, 0.15) is 11.5 Å². The molecule has 2 aliphatic rings. The van der Waals surface area contributed by atoms with Crippen molar-refractivity contribution in [2.45, 2.75) is 6.54 Å². The number of rotatable bonds is 5. The second-order valence-electron chi connectivity index (χ2n) is 9.14. The summed E-state index contributed by atoms with van der Waals surface area (Å²) in [5.41, 5.74) is 1.94. The van der Waals surface area contributed by atoms with Crippen LogP contribution in [0.5, 0.6) is 11.5 Å². The Labute approximate surface area is 197 Å². The van der Waals surface area contributed by atoms with E-state index in [2.05, 4.69) is 27.5 Å². The molecule has 2 fully saturated rings. The number of anilines is 1. The van der Waals surface area contributed by atoms with Gasteiger partial charge in [-0.15, -0.1) is 0 Å². The highest BCUT2D eigenvalue weighted by Crippen LogP contribution is 2.33. The largest absolute Gasteiger partial charge is 0.457 e. The van der Waals surface area contributed by atoms with Crippen LogP contribution in [0.15, 0.2) is 83.4 Å². The van der Waals surface area contributed by atoms with E-state index in [1.54, 1.807) is 0 Å². The van der Waals surface area contributed by atoms with Crippen molar-refractivity contribution >= 4 is 22.8 Å². The van der Waals surface area contributed by atoms with Crippen LogP contribution in [0.1, 0.15) is 5.56 Å². The van der Waals surface area contributed by atoms with Crippen molar-refractivity contribution in [2.75, 3.05) is 31.5 Å². The molecule has 1 aromatic heterocycles. The fraction of sp³-hybridized carbons (Fsp3) is 0.259. The van der Waals surface area contributed by atoms with Crippen molar-refractivity contribution < 1.29 is 14.1 Å². The Hall–Kier alpha value is -3.84. The topological polar surface area (TPSA) is 70.8 Å². The first-order chi connectivity index (χ1) is 16.7. The Bertz CT molecular complexity index is 1270. The maximum absolute atomic E-state index is 12.8. The van der Waals surface area contributed by atoms with Gasteiger partial charge in [-0.05, 0) is 53.8 Å². The molecule has 1 N–H and O–H groups in total. The number of hydrogen-bond acceptors (Lipinski definition) is 5. The number of likely N-dealkylation sites (tertiary alicyclic amines) is 2. The summed E-state index contributed by atoms with van der Waals surface area (Å²) in [5.74, 6) is 3.17. The van der Waals surface area contributed by atoms with E-state index in [9.17, 15) is 4.79 Å². The highest BCUT2D eigenvalue weighted by atomic mass is 16.5. The summed E-state index contributed by atoms with van der Waals surface area (Å²) >= 11 is 0. The molecule has 3 heterocycles. The molecule has 2 saturated heterocycles. The number of carbonyl (C=O) groups is 1. The molecular weight excluding hydrogens is 428 g/mol. The minimum Gasteiger partial charge on any atom is -0.457 e. The molecule has 0 radical (unpaired) electrons. The van der Waals surface area contributed by atoms with Gasteiger partial charge >= 0.3 is 6.03 Å². The molecule has 0 spiro atoms. The molecule has 2 aliphatic heterocycles. The van der Waals surface area contributed by atoms with Crippen LogP contribution in [-0.2, 0) is 6.54 Å². The molecule has 4 aromatic rings. The standard InChI is InChI=1S/C27H26N4O3/c32-27(28-26-24-8-4-5-9-25(24)34-29-26)31-17-20-15-30(16-21(20)18-31)14-19-10-12-23(13-11-19)33-22-6-2-1-3-7-22/h1-13,20-21H,14-18H2,(H,28,29,32). The number of hydrogen-bond donors (Lipinski definition) is 1. The number of ether oxygens (including phenoxy) is 1. The fourth-order valence-corrected chi connectivity index (χ4v) is 5.09. The van der Waals surface area contributed by atoms with Gasteiger partial charge in [-0.1, -0.05) is 47.6 Å². The van der Waals surface area contributed by atoms with E-state index in [-0.39, 0.29) is 6.03 Å². The number of fused-ring (bicyclic) bond motifs is 2. The summed E-state index contributed by atoms with van der Waals surface area (Å²) < 4.78 is 11.2. The first kappa shape index (κ1) is 20.7. The fourth-order valence-electron chi connectivity index (χ4n) is 5.09. The van der Waals surface area contributed by atoms with Gasteiger partial charge in [0, 0.05) is 32.7 Å². The van der Waals surface area contributed by atoms with Gasteiger partial charge in [-0.3, -0.25) is 10.2 Å². The minimum absolute atomic E-state index is 0.103. The quantitative estimate of drug-likeness (QED) is 0.448. The van der Waals surface area contributed by atoms with E-state index < -0.39 is 0 Å². The van der Waals surface area contributed by atoms with E-state index in [0.717, 1.165) is 49.6 Å². The van der Waals surface area contributed by atoms with E-state index in [1.807, 2.05) is 71.6 Å². The number of benzene rings is 3.